The minimum atomic E-state index is -1.15. The van der Waals surface area contributed by atoms with Crippen molar-refractivity contribution in [3.05, 3.63) is 53.1 Å². The average Bonchev–Trinajstić information content (AvgIpc) is 2.70. The van der Waals surface area contributed by atoms with E-state index in [1.807, 2.05) is 19.9 Å². The number of rotatable bonds is 7. The summed E-state index contributed by atoms with van der Waals surface area (Å²) in [5, 5.41) is 20.6. The van der Waals surface area contributed by atoms with E-state index in [-0.39, 0.29) is 30.5 Å². The van der Waals surface area contributed by atoms with Crippen LogP contribution < -0.4 is 0 Å². The van der Waals surface area contributed by atoms with Crippen molar-refractivity contribution in [1.82, 2.24) is 4.98 Å². The van der Waals surface area contributed by atoms with E-state index >= 15 is 0 Å². The number of hydrogen-bond acceptors (Lipinski definition) is 5. The Hall–Kier alpha value is -2.75. The van der Waals surface area contributed by atoms with Crippen LogP contribution in [-0.4, -0.2) is 39.0 Å². The number of hydrogen-bond donors (Lipinski definition) is 2. The molecule has 2 atom stereocenters. The molecule has 2 rings (SSSR count). The maximum Gasteiger partial charge on any atom is 0.308 e. The maximum atomic E-state index is 13.5. The van der Waals surface area contributed by atoms with Crippen molar-refractivity contribution >= 4 is 5.97 Å². The Balaban J connectivity index is 2.37. The molecule has 34 heavy (non-hydrogen) atoms. The van der Waals surface area contributed by atoms with Gasteiger partial charge in [-0.1, -0.05) is 51.7 Å². The predicted molar refractivity (Wildman–Crippen MR) is 132 cm³/mol. The van der Waals surface area contributed by atoms with Crippen molar-refractivity contribution in [2.24, 2.45) is 0 Å². The summed E-state index contributed by atoms with van der Waals surface area (Å²) in [5.41, 5.74) is 3.33. The predicted octanol–water partition coefficient (Wildman–Crippen LogP) is 5.33. The van der Waals surface area contributed by atoms with Crippen molar-refractivity contribution in [1.29, 1.82) is 0 Å². The van der Waals surface area contributed by atoms with E-state index in [0.717, 1.165) is 22.5 Å². The molecule has 2 N–H and O–H groups in total. The lowest BCUT2D eigenvalue weighted by molar-refractivity contribution is -0.157. The molecule has 1 aromatic heterocycles. The number of ether oxygens (including phenoxy) is 1. The van der Waals surface area contributed by atoms with Gasteiger partial charge in [0.1, 0.15) is 17.5 Å². The van der Waals surface area contributed by atoms with Gasteiger partial charge < -0.3 is 14.9 Å². The van der Waals surface area contributed by atoms with E-state index in [1.54, 1.807) is 32.9 Å². The Kier molecular flexibility index (Phi) is 9.37. The van der Waals surface area contributed by atoms with Gasteiger partial charge in [0.05, 0.1) is 23.8 Å². The van der Waals surface area contributed by atoms with Crippen LogP contribution in [0.4, 0.5) is 4.39 Å². The number of esters is 1. The number of aliphatic hydroxyl groups is 2. The highest BCUT2D eigenvalue weighted by atomic mass is 19.1. The van der Waals surface area contributed by atoms with Crippen LogP contribution in [0.25, 0.3) is 11.1 Å². The lowest BCUT2D eigenvalue weighted by Crippen LogP contribution is -2.27. The van der Waals surface area contributed by atoms with Crippen LogP contribution >= 0.6 is 0 Å². The molecule has 0 fully saturated rings. The molecule has 0 radical (unpaired) electrons. The van der Waals surface area contributed by atoms with Crippen LogP contribution in [0.5, 0.6) is 0 Å². The molecule has 0 saturated heterocycles. The van der Waals surface area contributed by atoms with Gasteiger partial charge in [-0.15, -0.1) is 0 Å². The molecule has 6 heteroatoms. The summed E-state index contributed by atoms with van der Waals surface area (Å²) in [6.45, 7) is 13.4. The van der Waals surface area contributed by atoms with E-state index in [0.29, 0.717) is 5.56 Å². The molecule has 0 unspecified atom stereocenters. The van der Waals surface area contributed by atoms with Crippen molar-refractivity contribution in [3.63, 3.8) is 0 Å². The standard InChI is InChI=1S/C28H36FNO4/c1-17(2)25-16-24(19-8-10-20(29)11-9-19)23(27(30-25)18(3)4)13-12-21(31)14-22(32)15-26(33)34-28(5,6)7/h8-11,16-18,21-22,31-32H,14-15H2,1-7H3/t21-,22-/m1/s1. The largest absolute Gasteiger partial charge is 0.460 e. The first-order chi connectivity index (χ1) is 15.8. The van der Waals surface area contributed by atoms with Crippen LogP contribution in [-0.2, 0) is 9.53 Å². The Labute approximate surface area is 202 Å². The number of benzene rings is 1. The molecule has 0 saturated carbocycles. The molecule has 1 aromatic carbocycles. The monoisotopic (exact) mass is 469 g/mol. The minimum Gasteiger partial charge on any atom is -0.460 e. The highest BCUT2D eigenvalue weighted by molar-refractivity contribution is 5.73. The first kappa shape index (κ1) is 27.5. The molecule has 0 aliphatic heterocycles. The number of aliphatic hydroxyl groups excluding tert-OH is 2. The molecule has 0 spiro atoms. The van der Waals surface area contributed by atoms with Gasteiger partial charge in [0.2, 0.25) is 0 Å². The van der Waals surface area contributed by atoms with Crippen molar-refractivity contribution in [3.8, 4) is 23.0 Å². The number of nitrogens with zero attached hydrogens (tertiary/aromatic N) is 1. The molecule has 0 aliphatic rings. The van der Waals surface area contributed by atoms with Gasteiger partial charge in [0.25, 0.3) is 0 Å². The number of halogens is 1. The summed E-state index contributed by atoms with van der Waals surface area (Å²) in [4.78, 5) is 16.7. The molecule has 0 bridgehead atoms. The van der Waals surface area contributed by atoms with Gasteiger partial charge in [-0.2, -0.15) is 0 Å². The highest BCUT2D eigenvalue weighted by Gasteiger charge is 2.21. The van der Waals surface area contributed by atoms with Crippen LogP contribution in [0, 0.1) is 17.7 Å². The summed E-state index contributed by atoms with van der Waals surface area (Å²) in [5.74, 6) is 5.25. The third-order valence-electron chi connectivity index (χ3n) is 5.04. The van der Waals surface area contributed by atoms with Gasteiger partial charge in [-0.3, -0.25) is 9.78 Å². The fourth-order valence-electron chi connectivity index (χ4n) is 3.42. The van der Waals surface area contributed by atoms with Crippen LogP contribution in [0.2, 0.25) is 0 Å². The third kappa shape index (κ3) is 8.23. The summed E-state index contributed by atoms with van der Waals surface area (Å²) >= 11 is 0. The SMILES string of the molecule is CC(C)c1cc(-c2ccc(F)cc2)c(C#C[C@@H](O)C[C@@H](O)CC(=O)OC(C)(C)C)c(C(C)C)n1. The zero-order valence-electron chi connectivity index (χ0n) is 21.1. The fraction of sp³-hybridized carbons (Fsp3) is 0.500. The lowest BCUT2D eigenvalue weighted by Gasteiger charge is -2.20. The Bertz CT molecular complexity index is 1040. The molecule has 0 amide bonds. The summed E-state index contributed by atoms with van der Waals surface area (Å²) in [7, 11) is 0. The second kappa shape index (κ2) is 11.6. The number of pyridine rings is 1. The summed E-state index contributed by atoms with van der Waals surface area (Å²) < 4.78 is 18.8. The van der Waals surface area contributed by atoms with Gasteiger partial charge in [-0.05, 0) is 56.4 Å². The van der Waals surface area contributed by atoms with E-state index in [9.17, 15) is 19.4 Å². The van der Waals surface area contributed by atoms with Gasteiger partial charge in [-0.25, -0.2) is 4.39 Å². The number of carbonyl (C=O) groups excluding carboxylic acids is 1. The Morgan fingerprint density at radius 2 is 1.71 bits per heavy atom. The van der Waals surface area contributed by atoms with E-state index in [1.165, 1.54) is 12.1 Å². The van der Waals surface area contributed by atoms with Crippen LogP contribution in [0.15, 0.2) is 30.3 Å². The summed E-state index contributed by atoms with van der Waals surface area (Å²) in [6.07, 6.45) is -2.55. The smallest absolute Gasteiger partial charge is 0.308 e. The second-order valence-corrected chi connectivity index (χ2v) is 10.1. The van der Waals surface area contributed by atoms with E-state index in [4.69, 9.17) is 9.72 Å². The van der Waals surface area contributed by atoms with Gasteiger partial charge in [0, 0.05) is 17.7 Å². The fourth-order valence-corrected chi connectivity index (χ4v) is 3.42. The maximum absolute atomic E-state index is 13.5. The molecule has 5 nitrogen and oxygen atoms in total. The first-order valence-corrected chi connectivity index (χ1v) is 11.7. The quantitative estimate of drug-likeness (QED) is 0.423. The van der Waals surface area contributed by atoms with Crippen molar-refractivity contribution in [2.75, 3.05) is 0 Å². The first-order valence-electron chi connectivity index (χ1n) is 11.7. The zero-order chi connectivity index (χ0) is 25.6. The molecule has 1 heterocycles. The lowest BCUT2D eigenvalue weighted by atomic mass is 9.92. The third-order valence-corrected chi connectivity index (χ3v) is 5.04. The van der Waals surface area contributed by atoms with Gasteiger partial charge >= 0.3 is 5.97 Å². The molecular weight excluding hydrogens is 433 g/mol. The van der Waals surface area contributed by atoms with Crippen molar-refractivity contribution < 1.29 is 24.1 Å². The molecule has 2 aromatic rings. The molecule has 0 aliphatic carbocycles. The van der Waals surface area contributed by atoms with E-state index < -0.39 is 23.8 Å². The van der Waals surface area contributed by atoms with Crippen LogP contribution in [0.3, 0.4) is 0 Å². The average molecular weight is 470 g/mol. The normalized spacial score (nSPS) is 13.4. The Morgan fingerprint density at radius 1 is 1.09 bits per heavy atom. The highest BCUT2D eigenvalue weighted by Crippen LogP contribution is 2.31. The number of aromatic nitrogens is 1. The number of carbonyl (C=O) groups is 1. The summed E-state index contributed by atoms with van der Waals surface area (Å²) in [6, 6.07) is 8.16. The second-order valence-electron chi connectivity index (χ2n) is 10.1. The minimum absolute atomic E-state index is 0.0668. The van der Waals surface area contributed by atoms with E-state index in [2.05, 4.69) is 25.7 Å². The van der Waals surface area contributed by atoms with Crippen molar-refractivity contribution in [2.45, 2.75) is 91.0 Å². The van der Waals surface area contributed by atoms with Crippen LogP contribution in [0.1, 0.15) is 90.1 Å². The molecule has 184 valence electrons. The molecular formula is C28H36FNO4. The Morgan fingerprint density at radius 3 is 2.24 bits per heavy atom. The van der Waals surface area contributed by atoms with Gasteiger partial charge in [0.15, 0.2) is 0 Å². The zero-order valence-corrected chi connectivity index (χ0v) is 21.1. The topological polar surface area (TPSA) is 79.7 Å².